The molecule has 5 rings (SSSR count). The first-order valence-electron chi connectivity index (χ1n) is 10.1. The molecule has 3 aliphatic heterocycles. The van der Waals surface area contributed by atoms with Crippen molar-refractivity contribution < 1.29 is 9.32 Å². The summed E-state index contributed by atoms with van der Waals surface area (Å²) in [5, 5.41) is 4.19. The van der Waals surface area contributed by atoms with Gasteiger partial charge >= 0.3 is 0 Å². The maximum atomic E-state index is 13.1. The van der Waals surface area contributed by atoms with Crippen molar-refractivity contribution in [3.8, 4) is 11.3 Å². The Labute approximate surface area is 164 Å². The third-order valence-corrected chi connectivity index (χ3v) is 7.25. The van der Waals surface area contributed by atoms with E-state index < -0.39 is 0 Å². The Morgan fingerprint density at radius 3 is 2.67 bits per heavy atom. The number of hydrogen-bond donors (Lipinski definition) is 0. The van der Waals surface area contributed by atoms with Crippen LogP contribution >= 0.6 is 11.8 Å². The summed E-state index contributed by atoms with van der Waals surface area (Å²) in [7, 11) is 0. The highest BCUT2D eigenvalue weighted by Crippen LogP contribution is 2.42. The molecule has 2 saturated heterocycles. The number of aromatic nitrogens is 1. The van der Waals surface area contributed by atoms with Gasteiger partial charge in [0, 0.05) is 40.9 Å². The van der Waals surface area contributed by atoms with Gasteiger partial charge in [-0.25, -0.2) is 0 Å². The van der Waals surface area contributed by atoms with Gasteiger partial charge in [-0.3, -0.25) is 4.79 Å². The normalized spacial score (nSPS) is 21.0. The summed E-state index contributed by atoms with van der Waals surface area (Å²) in [5.41, 5.74) is 2.53. The predicted octanol–water partition coefficient (Wildman–Crippen LogP) is 4.04. The first kappa shape index (κ1) is 17.3. The molecular formula is C21H25N3O2S. The maximum absolute atomic E-state index is 13.1. The SMILES string of the molecule is O=C(c1noc2c1CSc1ccccc1-2)N1CCC(N2CCCCC2)CC1. The second-order valence-electron chi connectivity index (χ2n) is 7.74. The van der Waals surface area contributed by atoms with Crippen molar-refractivity contribution in [2.75, 3.05) is 26.2 Å². The minimum absolute atomic E-state index is 0.0390. The highest BCUT2D eigenvalue weighted by Gasteiger charge is 2.33. The van der Waals surface area contributed by atoms with Crippen LogP contribution < -0.4 is 0 Å². The predicted molar refractivity (Wildman–Crippen MR) is 106 cm³/mol. The number of fused-ring (bicyclic) bond motifs is 3. The number of carbonyl (C=O) groups is 1. The fourth-order valence-electron chi connectivity index (χ4n) is 4.62. The van der Waals surface area contributed by atoms with Crippen molar-refractivity contribution in [2.24, 2.45) is 0 Å². The van der Waals surface area contributed by atoms with Crippen LogP contribution in [0.5, 0.6) is 0 Å². The zero-order valence-electron chi connectivity index (χ0n) is 15.5. The Hall–Kier alpha value is -1.79. The minimum atomic E-state index is 0.0390. The van der Waals surface area contributed by atoms with Crippen LogP contribution in [-0.4, -0.2) is 53.1 Å². The van der Waals surface area contributed by atoms with E-state index >= 15 is 0 Å². The molecule has 4 heterocycles. The van der Waals surface area contributed by atoms with Crippen LogP contribution in [0.4, 0.5) is 0 Å². The molecule has 5 nitrogen and oxygen atoms in total. The Morgan fingerprint density at radius 2 is 1.85 bits per heavy atom. The molecule has 1 aromatic heterocycles. The number of hydrogen-bond acceptors (Lipinski definition) is 5. The molecule has 0 saturated carbocycles. The van der Waals surface area contributed by atoms with Crippen LogP contribution in [0, 0.1) is 0 Å². The molecule has 0 aliphatic carbocycles. The van der Waals surface area contributed by atoms with E-state index in [0.29, 0.717) is 11.7 Å². The lowest BCUT2D eigenvalue weighted by molar-refractivity contribution is 0.0580. The Morgan fingerprint density at radius 1 is 1.07 bits per heavy atom. The van der Waals surface area contributed by atoms with Crippen molar-refractivity contribution in [2.45, 2.75) is 48.8 Å². The van der Waals surface area contributed by atoms with Crippen molar-refractivity contribution in [1.82, 2.24) is 15.0 Å². The third kappa shape index (κ3) is 3.19. The van der Waals surface area contributed by atoms with Crippen molar-refractivity contribution in [1.29, 1.82) is 0 Å². The van der Waals surface area contributed by atoms with Gasteiger partial charge in [-0.15, -0.1) is 11.8 Å². The van der Waals surface area contributed by atoms with Crippen LogP contribution in [0.2, 0.25) is 0 Å². The van der Waals surface area contributed by atoms with E-state index in [2.05, 4.69) is 16.1 Å². The number of thioether (sulfide) groups is 1. The Kier molecular flexibility index (Phi) is 4.70. The molecule has 0 unspecified atom stereocenters. The summed E-state index contributed by atoms with van der Waals surface area (Å²) < 4.78 is 5.62. The lowest BCUT2D eigenvalue weighted by atomic mass is 9.99. The van der Waals surface area contributed by atoms with Gasteiger partial charge in [0.15, 0.2) is 11.5 Å². The third-order valence-electron chi connectivity index (χ3n) is 6.15. The fourth-order valence-corrected chi connectivity index (χ4v) is 5.68. The van der Waals surface area contributed by atoms with Gasteiger partial charge in [-0.2, -0.15) is 0 Å². The number of rotatable bonds is 2. The van der Waals surface area contributed by atoms with E-state index in [1.807, 2.05) is 23.1 Å². The molecule has 0 N–H and O–H groups in total. The number of piperidine rings is 2. The molecule has 6 heteroatoms. The van der Waals surface area contributed by atoms with E-state index in [9.17, 15) is 4.79 Å². The summed E-state index contributed by atoms with van der Waals surface area (Å²) in [6, 6.07) is 8.82. The van der Waals surface area contributed by atoms with Gasteiger partial charge < -0.3 is 14.3 Å². The topological polar surface area (TPSA) is 49.6 Å². The molecule has 3 aliphatic rings. The molecule has 1 aromatic carbocycles. The van der Waals surface area contributed by atoms with E-state index in [-0.39, 0.29) is 5.91 Å². The smallest absolute Gasteiger partial charge is 0.276 e. The summed E-state index contributed by atoms with van der Waals surface area (Å²) in [4.78, 5) is 18.9. The molecule has 1 amide bonds. The van der Waals surface area contributed by atoms with Crippen LogP contribution in [0.25, 0.3) is 11.3 Å². The van der Waals surface area contributed by atoms with Gasteiger partial charge in [-0.05, 0) is 50.9 Å². The van der Waals surface area contributed by atoms with Crippen LogP contribution in [0.1, 0.15) is 48.2 Å². The van der Waals surface area contributed by atoms with Gasteiger partial charge in [0.05, 0.1) is 0 Å². The highest BCUT2D eigenvalue weighted by atomic mass is 32.2. The highest BCUT2D eigenvalue weighted by molar-refractivity contribution is 7.98. The van der Waals surface area contributed by atoms with E-state index in [0.717, 1.165) is 48.6 Å². The molecule has 2 fully saturated rings. The first-order chi connectivity index (χ1) is 13.3. The van der Waals surface area contributed by atoms with E-state index in [1.54, 1.807) is 11.8 Å². The summed E-state index contributed by atoms with van der Waals surface area (Å²) >= 11 is 1.76. The maximum Gasteiger partial charge on any atom is 0.276 e. The molecule has 142 valence electrons. The summed E-state index contributed by atoms with van der Waals surface area (Å²) in [6.45, 7) is 4.11. The molecule has 0 atom stereocenters. The lowest BCUT2D eigenvalue weighted by Gasteiger charge is -2.40. The van der Waals surface area contributed by atoms with E-state index in [1.165, 1.54) is 37.2 Å². The fraction of sp³-hybridized carbons (Fsp3) is 0.524. The lowest BCUT2D eigenvalue weighted by Crippen LogP contribution is -2.48. The molecule has 0 radical (unpaired) electrons. The van der Waals surface area contributed by atoms with E-state index in [4.69, 9.17) is 4.52 Å². The number of carbonyl (C=O) groups excluding carboxylic acids is 1. The number of likely N-dealkylation sites (tertiary alicyclic amines) is 2. The second kappa shape index (κ2) is 7.32. The van der Waals surface area contributed by atoms with Crippen molar-refractivity contribution in [3.05, 3.63) is 35.5 Å². The first-order valence-corrected chi connectivity index (χ1v) is 11.0. The molecule has 2 aromatic rings. The Balaban J connectivity index is 1.30. The zero-order chi connectivity index (χ0) is 18.2. The van der Waals surface area contributed by atoms with Gasteiger partial charge in [0.1, 0.15) is 0 Å². The van der Waals surface area contributed by atoms with Gasteiger partial charge in [0.25, 0.3) is 5.91 Å². The average Bonchev–Trinajstić information content (AvgIpc) is 3.19. The average molecular weight is 384 g/mol. The zero-order valence-corrected chi connectivity index (χ0v) is 16.3. The quantitative estimate of drug-likeness (QED) is 0.783. The van der Waals surface area contributed by atoms with Gasteiger partial charge in [-0.1, -0.05) is 23.7 Å². The number of nitrogens with zero attached hydrogens (tertiary/aromatic N) is 3. The van der Waals surface area contributed by atoms with Gasteiger partial charge in [0.2, 0.25) is 0 Å². The molecule has 0 spiro atoms. The summed E-state index contributed by atoms with van der Waals surface area (Å²) in [5.74, 6) is 1.56. The van der Waals surface area contributed by atoms with Crippen molar-refractivity contribution in [3.63, 3.8) is 0 Å². The Bertz CT molecular complexity index is 836. The minimum Gasteiger partial charge on any atom is -0.355 e. The standard InChI is InChI=1S/C21H25N3O2S/c25-21(24-12-8-15(9-13-24)23-10-4-1-5-11-23)19-17-14-27-18-7-3-2-6-16(18)20(17)26-22-19/h2-3,6-7,15H,1,4-5,8-14H2. The van der Waals surface area contributed by atoms with Crippen LogP contribution in [0.15, 0.2) is 33.7 Å². The van der Waals surface area contributed by atoms with Crippen LogP contribution in [0.3, 0.4) is 0 Å². The molecular weight excluding hydrogens is 358 g/mol. The number of benzene rings is 1. The summed E-state index contributed by atoms with van der Waals surface area (Å²) in [6.07, 6.45) is 6.16. The van der Waals surface area contributed by atoms with Crippen molar-refractivity contribution >= 4 is 17.7 Å². The number of amides is 1. The largest absolute Gasteiger partial charge is 0.355 e. The second-order valence-corrected chi connectivity index (χ2v) is 8.76. The monoisotopic (exact) mass is 383 g/mol. The van der Waals surface area contributed by atoms with Crippen LogP contribution in [-0.2, 0) is 5.75 Å². The molecule has 27 heavy (non-hydrogen) atoms. The molecule has 0 bridgehead atoms.